The minimum absolute atomic E-state index is 0.225. The van der Waals surface area contributed by atoms with Crippen LogP contribution in [0.1, 0.15) is 45.2 Å². The molecule has 0 bridgehead atoms. The Balaban J connectivity index is 1.78. The maximum atomic E-state index is 12.3. The molecular formula is C16H22N4O2. The fraction of sp³-hybridized carbons (Fsp3) is 0.562. The van der Waals surface area contributed by atoms with Gasteiger partial charge in [0.25, 0.3) is 0 Å². The van der Waals surface area contributed by atoms with E-state index in [-0.39, 0.29) is 12.0 Å². The van der Waals surface area contributed by atoms with Crippen LogP contribution in [-0.2, 0) is 4.74 Å². The van der Waals surface area contributed by atoms with E-state index in [9.17, 15) is 4.79 Å². The number of aromatic nitrogens is 3. The topological polar surface area (TPSA) is 71.1 Å². The highest BCUT2D eigenvalue weighted by Gasteiger charge is 2.29. The van der Waals surface area contributed by atoms with Crippen LogP contribution >= 0.6 is 0 Å². The van der Waals surface area contributed by atoms with Gasteiger partial charge in [0.1, 0.15) is 17.6 Å². The Hall–Kier alpha value is -2.11. The zero-order valence-corrected chi connectivity index (χ0v) is 13.3. The maximum Gasteiger partial charge on any atom is 0.410 e. The first-order valence-electron chi connectivity index (χ1n) is 7.70. The number of hydrogen-bond donors (Lipinski definition) is 1. The fourth-order valence-corrected chi connectivity index (χ4v) is 2.91. The molecular weight excluding hydrogens is 280 g/mol. The van der Waals surface area contributed by atoms with Crippen molar-refractivity contribution in [1.82, 2.24) is 19.9 Å². The number of rotatable bonds is 1. The molecule has 1 aliphatic rings. The zero-order valence-electron chi connectivity index (χ0n) is 13.3. The Morgan fingerprint density at radius 1 is 1.41 bits per heavy atom. The van der Waals surface area contributed by atoms with Crippen molar-refractivity contribution in [2.75, 3.05) is 13.1 Å². The standard InChI is InChI=1S/C16H22N4O2/c1-16(2,3)22-15(21)20-8-4-5-11(9-20)13-12-6-7-17-14(12)19-10-18-13/h6-7,10-11H,4-5,8-9H2,1-3H3,(H,17,18,19). The van der Waals surface area contributed by atoms with E-state index >= 15 is 0 Å². The average Bonchev–Trinajstić information content (AvgIpc) is 2.94. The van der Waals surface area contributed by atoms with Crippen molar-refractivity contribution < 1.29 is 9.53 Å². The zero-order chi connectivity index (χ0) is 15.7. The van der Waals surface area contributed by atoms with E-state index < -0.39 is 5.60 Å². The van der Waals surface area contributed by atoms with Gasteiger partial charge in [-0.2, -0.15) is 0 Å². The quantitative estimate of drug-likeness (QED) is 0.878. The number of ether oxygens (including phenoxy) is 1. The molecule has 1 aliphatic heterocycles. The summed E-state index contributed by atoms with van der Waals surface area (Å²) in [6.07, 6.45) is 5.20. The van der Waals surface area contributed by atoms with Crippen LogP contribution in [0.25, 0.3) is 11.0 Å². The molecule has 118 valence electrons. The SMILES string of the molecule is CC(C)(C)OC(=O)N1CCCC(c2ncnc3[nH]ccc23)C1. The molecule has 0 spiro atoms. The van der Waals surface area contributed by atoms with Gasteiger partial charge in [0.05, 0.1) is 5.69 Å². The van der Waals surface area contributed by atoms with Crippen molar-refractivity contribution in [3.63, 3.8) is 0 Å². The summed E-state index contributed by atoms with van der Waals surface area (Å²) in [5, 5.41) is 1.04. The van der Waals surface area contributed by atoms with Crippen LogP contribution < -0.4 is 0 Å². The molecule has 1 saturated heterocycles. The Bertz CT molecular complexity index is 674. The molecule has 0 aromatic carbocycles. The first kappa shape index (κ1) is 14.8. The molecule has 22 heavy (non-hydrogen) atoms. The molecule has 1 unspecified atom stereocenters. The monoisotopic (exact) mass is 302 g/mol. The lowest BCUT2D eigenvalue weighted by molar-refractivity contribution is 0.0197. The van der Waals surface area contributed by atoms with Crippen LogP contribution in [0.5, 0.6) is 0 Å². The number of carbonyl (C=O) groups excluding carboxylic acids is 1. The third-order valence-corrected chi connectivity index (χ3v) is 3.84. The van der Waals surface area contributed by atoms with E-state index in [0.717, 1.165) is 36.1 Å². The van der Waals surface area contributed by atoms with Crippen molar-refractivity contribution in [3.05, 3.63) is 24.3 Å². The predicted molar refractivity (Wildman–Crippen MR) is 83.7 cm³/mol. The summed E-state index contributed by atoms with van der Waals surface area (Å²) < 4.78 is 5.48. The molecule has 0 aliphatic carbocycles. The molecule has 0 radical (unpaired) electrons. The summed E-state index contributed by atoms with van der Waals surface area (Å²) in [5.41, 5.74) is 1.39. The van der Waals surface area contributed by atoms with E-state index in [1.807, 2.05) is 33.0 Å². The number of likely N-dealkylation sites (tertiary alicyclic amines) is 1. The number of nitrogens with zero attached hydrogens (tertiary/aromatic N) is 3. The summed E-state index contributed by atoms with van der Waals surface area (Å²) in [4.78, 5) is 25.9. The van der Waals surface area contributed by atoms with E-state index in [2.05, 4.69) is 15.0 Å². The van der Waals surface area contributed by atoms with Gasteiger partial charge in [0.2, 0.25) is 0 Å². The van der Waals surface area contributed by atoms with Crippen LogP contribution in [0.2, 0.25) is 0 Å². The molecule has 1 fully saturated rings. The highest BCUT2D eigenvalue weighted by molar-refractivity contribution is 5.78. The van der Waals surface area contributed by atoms with Crippen molar-refractivity contribution in [3.8, 4) is 0 Å². The summed E-state index contributed by atoms with van der Waals surface area (Å²) >= 11 is 0. The van der Waals surface area contributed by atoms with Gasteiger partial charge in [0.15, 0.2) is 0 Å². The van der Waals surface area contributed by atoms with Crippen molar-refractivity contribution in [1.29, 1.82) is 0 Å². The average molecular weight is 302 g/mol. The highest BCUT2D eigenvalue weighted by Crippen LogP contribution is 2.30. The van der Waals surface area contributed by atoms with E-state index in [4.69, 9.17) is 4.74 Å². The minimum Gasteiger partial charge on any atom is -0.444 e. The number of nitrogens with one attached hydrogen (secondary N) is 1. The van der Waals surface area contributed by atoms with Gasteiger partial charge >= 0.3 is 6.09 Å². The molecule has 6 nitrogen and oxygen atoms in total. The van der Waals surface area contributed by atoms with Gasteiger partial charge in [-0.15, -0.1) is 0 Å². The lowest BCUT2D eigenvalue weighted by Crippen LogP contribution is -2.42. The highest BCUT2D eigenvalue weighted by atomic mass is 16.6. The molecule has 1 atom stereocenters. The Morgan fingerprint density at radius 3 is 3.00 bits per heavy atom. The van der Waals surface area contributed by atoms with Gasteiger partial charge in [-0.3, -0.25) is 0 Å². The van der Waals surface area contributed by atoms with Crippen molar-refractivity contribution in [2.24, 2.45) is 0 Å². The second-order valence-corrected chi connectivity index (χ2v) is 6.76. The molecule has 1 N–H and O–H groups in total. The van der Waals surface area contributed by atoms with Crippen molar-refractivity contribution >= 4 is 17.1 Å². The van der Waals surface area contributed by atoms with E-state index in [0.29, 0.717) is 6.54 Å². The number of fused-ring (bicyclic) bond motifs is 1. The lowest BCUT2D eigenvalue weighted by Gasteiger charge is -2.34. The lowest BCUT2D eigenvalue weighted by atomic mass is 9.93. The minimum atomic E-state index is -0.465. The van der Waals surface area contributed by atoms with E-state index in [1.54, 1.807) is 11.2 Å². The predicted octanol–water partition coefficient (Wildman–Crippen LogP) is 3.07. The summed E-state index contributed by atoms with van der Waals surface area (Å²) in [6, 6.07) is 2.00. The van der Waals surface area contributed by atoms with Crippen LogP contribution in [0, 0.1) is 0 Å². The number of H-pyrrole nitrogens is 1. The van der Waals surface area contributed by atoms with Gasteiger partial charge in [0, 0.05) is 30.6 Å². The van der Waals surface area contributed by atoms with Gasteiger partial charge in [-0.25, -0.2) is 14.8 Å². The third kappa shape index (κ3) is 3.05. The summed E-state index contributed by atoms with van der Waals surface area (Å²) in [7, 11) is 0. The van der Waals surface area contributed by atoms with Crippen LogP contribution in [-0.4, -0.2) is 44.6 Å². The molecule has 3 rings (SSSR count). The number of amides is 1. The largest absolute Gasteiger partial charge is 0.444 e. The molecule has 0 saturated carbocycles. The second-order valence-electron chi connectivity index (χ2n) is 6.76. The number of carbonyl (C=O) groups is 1. The molecule has 2 aromatic heterocycles. The Labute approximate surface area is 129 Å². The third-order valence-electron chi connectivity index (χ3n) is 3.84. The second kappa shape index (κ2) is 5.59. The Morgan fingerprint density at radius 2 is 2.23 bits per heavy atom. The smallest absolute Gasteiger partial charge is 0.410 e. The molecule has 3 heterocycles. The number of aromatic amines is 1. The number of piperidine rings is 1. The first-order valence-corrected chi connectivity index (χ1v) is 7.70. The maximum absolute atomic E-state index is 12.3. The number of hydrogen-bond acceptors (Lipinski definition) is 4. The normalized spacial score (nSPS) is 19.4. The fourth-order valence-electron chi connectivity index (χ4n) is 2.91. The van der Waals surface area contributed by atoms with Crippen molar-refractivity contribution in [2.45, 2.75) is 45.1 Å². The van der Waals surface area contributed by atoms with Gasteiger partial charge in [-0.05, 0) is 39.7 Å². The summed E-state index contributed by atoms with van der Waals surface area (Å²) in [5.74, 6) is 0.225. The van der Waals surface area contributed by atoms with Gasteiger partial charge in [-0.1, -0.05) is 0 Å². The summed E-state index contributed by atoms with van der Waals surface area (Å²) in [6.45, 7) is 7.05. The van der Waals surface area contributed by atoms with E-state index in [1.165, 1.54) is 0 Å². The molecule has 6 heteroatoms. The van der Waals surface area contributed by atoms with Crippen LogP contribution in [0.4, 0.5) is 4.79 Å². The van der Waals surface area contributed by atoms with Crippen LogP contribution in [0.15, 0.2) is 18.6 Å². The Kier molecular flexibility index (Phi) is 3.76. The first-order chi connectivity index (χ1) is 10.4. The van der Waals surface area contributed by atoms with Gasteiger partial charge < -0.3 is 14.6 Å². The molecule has 1 amide bonds. The van der Waals surface area contributed by atoms with Crippen LogP contribution in [0.3, 0.4) is 0 Å². The molecule has 2 aromatic rings.